The molecule has 162 valence electrons. The molecule has 1 amide bonds. The van der Waals surface area contributed by atoms with Crippen molar-refractivity contribution in [3.05, 3.63) is 101 Å². The van der Waals surface area contributed by atoms with Crippen LogP contribution in [0.2, 0.25) is 5.02 Å². The summed E-state index contributed by atoms with van der Waals surface area (Å²) in [4.78, 5) is 15.1. The minimum atomic E-state index is -4.00. The van der Waals surface area contributed by atoms with Crippen LogP contribution >= 0.6 is 11.6 Å². The van der Waals surface area contributed by atoms with Gasteiger partial charge in [-0.15, -0.1) is 5.10 Å². The van der Waals surface area contributed by atoms with Crippen molar-refractivity contribution in [3.8, 4) is 0 Å². The summed E-state index contributed by atoms with van der Waals surface area (Å²) in [6, 6.07) is 21.5. The number of aryl methyl sites for hydroxylation is 1. The molecule has 0 fully saturated rings. The van der Waals surface area contributed by atoms with E-state index in [-0.39, 0.29) is 16.0 Å². The molecule has 0 aliphatic heterocycles. The molecule has 0 saturated heterocycles. The van der Waals surface area contributed by atoms with Crippen LogP contribution in [-0.2, 0) is 10.0 Å². The van der Waals surface area contributed by atoms with Gasteiger partial charge in [-0.2, -0.15) is 13.2 Å². The maximum Gasteiger partial charge on any atom is 0.276 e. The molecule has 2 N–H and O–H groups in total. The lowest BCUT2D eigenvalue weighted by Crippen LogP contribution is -2.27. The maximum absolute atomic E-state index is 13.0. The van der Waals surface area contributed by atoms with Gasteiger partial charge >= 0.3 is 0 Å². The number of nitrogens with one attached hydrogen (secondary N) is 2. The van der Waals surface area contributed by atoms with E-state index in [4.69, 9.17) is 16.0 Å². The minimum Gasteiger partial charge on any atom is -0.436 e. The van der Waals surface area contributed by atoms with E-state index in [9.17, 15) is 13.2 Å². The number of sulfonamides is 1. The van der Waals surface area contributed by atoms with E-state index >= 15 is 0 Å². The monoisotopic (exact) mass is 467 g/mol. The van der Waals surface area contributed by atoms with Crippen LogP contribution in [0, 0.1) is 6.92 Å². The molecule has 32 heavy (non-hydrogen) atoms. The molecule has 3 aromatic carbocycles. The van der Waals surface area contributed by atoms with Crippen molar-refractivity contribution in [2.75, 3.05) is 5.32 Å². The summed E-state index contributed by atoms with van der Waals surface area (Å²) >= 11 is 5.82. The Kier molecular flexibility index (Phi) is 5.98. The number of rotatable bonds is 5. The van der Waals surface area contributed by atoms with Crippen molar-refractivity contribution in [3.63, 3.8) is 0 Å². The third-order valence-electron chi connectivity index (χ3n) is 4.60. The molecule has 7 nitrogen and oxygen atoms in total. The molecule has 0 saturated carbocycles. The molecule has 0 bridgehead atoms. The van der Waals surface area contributed by atoms with E-state index in [1.165, 1.54) is 24.3 Å². The number of fused-ring (bicyclic) bond motifs is 1. The molecule has 4 rings (SSSR count). The highest BCUT2D eigenvalue weighted by molar-refractivity contribution is 7.89. The SMILES string of the molecule is Cc1ccc(NC(=O)c2cc3ccccc3o/c2=N\NS(=O)(=O)c2ccc(Cl)cc2)cc1. The van der Waals surface area contributed by atoms with E-state index < -0.39 is 15.9 Å². The summed E-state index contributed by atoms with van der Waals surface area (Å²) in [5.41, 5.74) is 1.98. The van der Waals surface area contributed by atoms with Crippen LogP contribution in [0.25, 0.3) is 11.0 Å². The number of hydrogen-bond donors (Lipinski definition) is 2. The van der Waals surface area contributed by atoms with Crippen molar-refractivity contribution in [1.82, 2.24) is 4.83 Å². The predicted octanol–water partition coefficient (Wildman–Crippen LogP) is 4.44. The molecule has 9 heteroatoms. The van der Waals surface area contributed by atoms with Gasteiger partial charge in [0.05, 0.1) is 4.90 Å². The number of amides is 1. The third kappa shape index (κ3) is 4.82. The summed E-state index contributed by atoms with van der Waals surface area (Å²) in [6.45, 7) is 1.94. The average molecular weight is 468 g/mol. The molecule has 0 unspecified atom stereocenters. The van der Waals surface area contributed by atoms with Crippen molar-refractivity contribution < 1.29 is 17.6 Å². The second kappa shape index (κ2) is 8.86. The highest BCUT2D eigenvalue weighted by Gasteiger charge is 2.16. The topological polar surface area (TPSA) is 101 Å². The van der Waals surface area contributed by atoms with Gasteiger partial charge in [0.1, 0.15) is 11.1 Å². The zero-order chi connectivity index (χ0) is 22.7. The normalized spacial score (nSPS) is 12.0. The first-order chi connectivity index (χ1) is 15.3. The Bertz CT molecular complexity index is 1460. The lowest BCUT2D eigenvalue weighted by molar-refractivity contribution is 0.102. The van der Waals surface area contributed by atoms with Gasteiger partial charge in [0.25, 0.3) is 15.9 Å². The van der Waals surface area contributed by atoms with Crippen molar-refractivity contribution in [1.29, 1.82) is 0 Å². The van der Waals surface area contributed by atoms with Crippen LogP contribution in [0.15, 0.2) is 93.3 Å². The van der Waals surface area contributed by atoms with Gasteiger partial charge in [0.2, 0.25) is 5.55 Å². The zero-order valence-electron chi connectivity index (χ0n) is 16.9. The average Bonchev–Trinajstić information content (AvgIpc) is 2.79. The molecule has 1 heterocycles. The Morgan fingerprint density at radius 2 is 1.66 bits per heavy atom. The van der Waals surface area contributed by atoms with E-state index in [0.717, 1.165) is 5.56 Å². The Morgan fingerprint density at radius 3 is 2.38 bits per heavy atom. The predicted molar refractivity (Wildman–Crippen MR) is 123 cm³/mol. The fraction of sp³-hybridized carbons (Fsp3) is 0.0435. The Balaban J connectivity index is 1.74. The molecule has 0 radical (unpaired) electrons. The Hall–Kier alpha value is -3.62. The van der Waals surface area contributed by atoms with E-state index in [2.05, 4.69) is 15.2 Å². The lowest BCUT2D eigenvalue weighted by Gasteiger charge is -2.08. The Labute approximate surface area is 189 Å². The molecule has 0 aliphatic carbocycles. The molecule has 4 aromatic rings. The summed E-state index contributed by atoms with van der Waals surface area (Å²) in [5, 5.41) is 7.75. The molecule has 0 atom stereocenters. The van der Waals surface area contributed by atoms with Gasteiger partial charge in [0.15, 0.2) is 0 Å². The summed E-state index contributed by atoms with van der Waals surface area (Å²) < 4.78 is 30.9. The lowest BCUT2D eigenvalue weighted by atomic mass is 10.1. The van der Waals surface area contributed by atoms with Crippen molar-refractivity contribution >= 4 is 44.2 Å². The molecule has 1 aromatic heterocycles. The highest BCUT2D eigenvalue weighted by atomic mass is 35.5. The van der Waals surface area contributed by atoms with E-state index in [1.54, 1.807) is 42.5 Å². The number of carbonyl (C=O) groups excluding carboxylic acids is 1. The number of hydrogen-bond acceptors (Lipinski definition) is 5. The number of nitrogens with zero attached hydrogens (tertiary/aromatic N) is 1. The first-order valence-electron chi connectivity index (χ1n) is 9.54. The van der Waals surface area contributed by atoms with Crippen LogP contribution in [-0.4, -0.2) is 14.3 Å². The third-order valence-corrected chi connectivity index (χ3v) is 6.08. The van der Waals surface area contributed by atoms with Crippen molar-refractivity contribution in [2.45, 2.75) is 11.8 Å². The molecular formula is C23H18ClN3O4S. The fourth-order valence-corrected chi connectivity index (χ4v) is 3.85. The second-order valence-corrected chi connectivity index (χ2v) is 9.08. The number of carbonyl (C=O) groups is 1. The van der Waals surface area contributed by atoms with Gasteiger partial charge in [0, 0.05) is 16.1 Å². The van der Waals surface area contributed by atoms with E-state index in [1.807, 2.05) is 19.1 Å². The van der Waals surface area contributed by atoms with Crippen LogP contribution in [0.1, 0.15) is 15.9 Å². The number of halogens is 1. The fourth-order valence-electron chi connectivity index (χ4n) is 2.92. The minimum absolute atomic E-state index is 0.0305. The van der Waals surface area contributed by atoms with Crippen LogP contribution in [0.5, 0.6) is 0 Å². The van der Waals surface area contributed by atoms with Gasteiger partial charge in [-0.25, -0.2) is 0 Å². The summed E-state index contributed by atoms with van der Waals surface area (Å²) in [6.07, 6.45) is 0. The maximum atomic E-state index is 13.0. The molecule has 0 spiro atoms. The summed E-state index contributed by atoms with van der Waals surface area (Å²) in [5.74, 6) is -0.493. The van der Waals surface area contributed by atoms with Gasteiger partial charge < -0.3 is 9.73 Å². The quantitative estimate of drug-likeness (QED) is 0.423. The summed E-state index contributed by atoms with van der Waals surface area (Å²) in [7, 11) is -4.00. The molecule has 0 aliphatic rings. The first kappa shape index (κ1) is 21.6. The standard InChI is InChI=1S/C23H18ClN3O4S/c1-15-6-10-18(11-7-15)25-22(28)20-14-16-4-2-3-5-21(16)31-23(20)26-27-32(29,30)19-12-8-17(24)9-13-19/h2-14,27H,1H3,(H,25,28)/b26-23-. The van der Waals surface area contributed by atoms with Crippen molar-refractivity contribution in [2.24, 2.45) is 5.10 Å². The van der Waals surface area contributed by atoms with Crippen LogP contribution in [0.3, 0.4) is 0 Å². The first-order valence-corrected chi connectivity index (χ1v) is 11.4. The largest absolute Gasteiger partial charge is 0.436 e. The van der Waals surface area contributed by atoms with Gasteiger partial charge in [-0.3, -0.25) is 4.79 Å². The smallest absolute Gasteiger partial charge is 0.276 e. The zero-order valence-corrected chi connectivity index (χ0v) is 18.4. The Morgan fingerprint density at radius 1 is 0.969 bits per heavy atom. The number of benzene rings is 3. The van der Waals surface area contributed by atoms with E-state index in [0.29, 0.717) is 21.7 Å². The number of anilines is 1. The highest BCUT2D eigenvalue weighted by Crippen LogP contribution is 2.16. The second-order valence-electron chi connectivity index (χ2n) is 6.98. The van der Waals surface area contributed by atoms with Gasteiger partial charge in [-0.05, 0) is 55.5 Å². The van der Waals surface area contributed by atoms with Crippen LogP contribution < -0.4 is 15.7 Å². The van der Waals surface area contributed by atoms with Crippen LogP contribution in [0.4, 0.5) is 5.69 Å². The van der Waals surface area contributed by atoms with Gasteiger partial charge in [-0.1, -0.05) is 47.5 Å². The number of para-hydroxylation sites is 1. The molecular weight excluding hydrogens is 450 g/mol.